The maximum atomic E-state index is 12.6. The SMILES string of the molecule is Cc1ccccc1-n1c(-c2ccc(Cl)cc2)nn(CN2CCC[C@H]2C(=O)N(C)C)c1=S. The molecule has 0 N–H and O–H groups in total. The lowest BCUT2D eigenvalue weighted by Crippen LogP contribution is -2.43. The van der Waals surface area contributed by atoms with Gasteiger partial charge in [0.1, 0.15) is 0 Å². The molecule has 0 aliphatic carbocycles. The van der Waals surface area contributed by atoms with Crippen LogP contribution in [0.3, 0.4) is 0 Å². The Morgan fingerprint density at radius 1 is 1.19 bits per heavy atom. The molecule has 2 aromatic carbocycles. The van der Waals surface area contributed by atoms with Crippen molar-refractivity contribution in [3.8, 4) is 17.1 Å². The van der Waals surface area contributed by atoms with Gasteiger partial charge < -0.3 is 4.90 Å². The summed E-state index contributed by atoms with van der Waals surface area (Å²) in [6.07, 6.45) is 1.84. The number of likely N-dealkylation sites (tertiary alicyclic amines) is 1. The number of carbonyl (C=O) groups excluding carboxylic acids is 1. The first-order valence-corrected chi connectivity index (χ1v) is 11.1. The predicted molar refractivity (Wildman–Crippen MR) is 126 cm³/mol. The van der Waals surface area contributed by atoms with Gasteiger partial charge in [0.15, 0.2) is 5.82 Å². The first-order valence-electron chi connectivity index (χ1n) is 10.3. The van der Waals surface area contributed by atoms with Gasteiger partial charge >= 0.3 is 0 Å². The molecule has 0 radical (unpaired) electrons. The Morgan fingerprint density at radius 2 is 1.90 bits per heavy atom. The van der Waals surface area contributed by atoms with Crippen molar-refractivity contribution in [3.05, 3.63) is 63.9 Å². The summed E-state index contributed by atoms with van der Waals surface area (Å²) in [5.74, 6) is 0.880. The molecule has 1 saturated heterocycles. The van der Waals surface area contributed by atoms with E-state index >= 15 is 0 Å². The quantitative estimate of drug-likeness (QED) is 0.530. The van der Waals surface area contributed by atoms with Crippen LogP contribution in [0, 0.1) is 11.7 Å². The molecular weight excluding hydrogens is 430 g/mol. The van der Waals surface area contributed by atoms with Crippen molar-refractivity contribution in [1.29, 1.82) is 0 Å². The van der Waals surface area contributed by atoms with Crippen molar-refractivity contribution < 1.29 is 4.79 Å². The van der Waals surface area contributed by atoms with Gasteiger partial charge in [0.2, 0.25) is 10.7 Å². The van der Waals surface area contributed by atoms with E-state index in [2.05, 4.69) is 17.9 Å². The van der Waals surface area contributed by atoms with Crippen LogP contribution in [0.4, 0.5) is 0 Å². The predicted octanol–water partition coefficient (Wildman–Crippen LogP) is 4.54. The number of hydrogen-bond donors (Lipinski definition) is 0. The highest BCUT2D eigenvalue weighted by molar-refractivity contribution is 7.71. The number of aromatic nitrogens is 3. The van der Waals surface area contributed by atoms with Gasteiger partial charge in [-0.15, -0.1) is 5.10 Å². The highest BCUT2D eigenvalue weighted by Crippen LogP contribution is 2.27. The summed E-state index contributed by atoms with van der Waals surface area (Å²) in [6, 6.07) is 15.6. The maximum Gasteiger partial charge on any atom is 0.239 e. The second-order valence-corrected chi connectivity index (χ2v) is 8.88. The Morgan fingerprint density at radius 3 is 2.58 bits per heavy atom. The zero-order valence-electron chi connectivity index (χ0n) is 18.0. The average molecular weight is 456 g/mol. The van der Waals surface area contributed by atoms with Crippen LogP contribution in [-0.2, 0) is 11.5 Å². The molecule has 0 spiro atoms. The number of amides is 1. The van der Waals surface area contributed by atoms with E-state index in [1.54, 1.807) is 19.0 Å². The molecule has 6 nitrogen and oxygen atoms in total. The highest BCUT2D eigenvalue weighted by Gasteiger charge is 2.32. The van der Waals surface area contributed by atoms with E-state index in [-0.39, 0.29) is 11.9 Å². The minimum absolute atomic E-state index is 0.125. The molecule has 4 rings (SSSR count). The standard InChI is InChI=1S/C23H26ClN5OS/c1-16-7-4-5-8-19(16)29-21(17-10-12-18(24)13-11-17)25-28(23(29)31)15-27-14-6-9-20(27)22(30)26(2)3/h4-5,7-8,10-13,20H,6,9,14-15H2,1-3H3/t20-/m0/s1. The summed E-state index contributed by atoms with van der Waals surface area (Å²) in [4.78, 5) is 16.5. The summed E-state index contributed by atoms with van der Waals surface area (Å²) in [7, 11) is 3.60. The maximum absolute atomic E-state index is 12.6. The van der Waals surface area contributed by atoms with Crippen LogP contribution >= 0.6 is 23.8 Å². The van der Waals surface area contributed by atoms with Crippen molar-refractivity contribution in [2.45, 2.75) is 32.5 Å². The molecular formula is C23H26ClN5OS. The smallest absolute Gasteiger partial charge is 0.239 e. The molecule has 1 aliphatic heterocycles. The third kappa shape index (κ3) is 4.31. The fourth-order valence-corrected chi connectivity index (χ4v) is 4.47. The molecule has 1 aliphatic rings. The van der Waals surface area contributed by atoms with Gasteiger partial charge in [-0.25, -0.2) is 4.68 Å². The number of halogens is 1. The van der Waals surface area contributed by atoms with Crippen LogP contribution < -0.4 is 0 Å². The van der Waals surface area contributed by atoms with Gasteiger partial charge in [-0.3, -0.25) is 14.3 Å². The van der Waals surface area contributed by atoms with Crippen LogP contribution in [0.2, 0.25) is 5.02 Å². The third-order valence-corrected chi connectivity index (χ3v) is 6.35. The first-order chi connectivity index (χ1) is 14.9. The molecule has 0 bridgehead atoms. The van der Waals surface area contributed by atoms with E-state index in [4.69, 9.17) is 28.9 Å². The van der Waals surface area contributed by atoms with Gasteiger partial charge in [0.25, 0.3) is 0 Å². The lowest BCUT2D eigenvalue weighted by atomic mass is 10.1. The van der Waals surface area contributed by atoms with Crippen LogP contribution in [0.15, 0.2) is 48.5 Å². The van der Waals surface area contributed by atoms with Crippen molar-refractivity contribution >= 4 is 29.7 Å². The zero-order chi connectivity index (χ0) is 22.1. The third-order valence-electron chi connectivity index (χ3n) is 5.70. The van der Waals surface area contributed by atoms with Gasteiger partial charge in [-0.05, 0) is 67.9 Å². The van der Waals surface area contributed by atoms with Gasteiger partial charge in [-0.2, -0.15) is 0 Å². The largest absolute Gasteiger partial charge is 0.347 e. The number of likely N-dealkylation sites (N-methyl/N-ethyl adjacent to an activating group) is 1. The zero-order valence-corrected chi connectivity index (χ0v) is 19.5. The van der Waals surface area contributed by atoms with Crippen LogP contribution in [0.5, 0.6) is 0 Å². The van der Waals surface area contributed by atoms with E-state index in [1.165, 1.54) is 0 Å². The molecule has 1 amide bonds. The van der Waals surface area contributed by atoms with Gasteiger partial charge in [0, 0.05) is 31.2 Å². The average Bonchev–Trinajstić information content (AvgIpc) is 3.33. The number of aryl methyl sites for hydroxylation is 1. The Kier molecular flexibility index (Phi) is 6.27. The Hall–Kier alpha value is -2.48. The summed E-state index contributed by atoms with van der Waals surface area (Å²) in [5.41, 5.74) is 3.03. The van der Waals surface area contributed by atoms with Crippen LogP contribution in [-0.4, -0.2) is 56.7 Å². The minimum Gasteiger partial charge on any atom is -0.347 e. The number of rotatable bonds is 5. The second-order valence-electron chi connectivity index (χ2n) is 8.08. The topological polar surface area (TPSA) is 46.3 Å². The number of hydrogen-bond acceptors (Lipinski definition) is 4. The summed E-state index contributed by atoms with van der Waals surface area (Å²) < 4.78 is 4.43. The normalized spacial score (nSPS) is 16.6. The molecule has 2 heterocycles. The molecule has 3 aromatic rings. The highest BCUT2D eigenvalue weighted by atomic mass is 35.5. The fourth-order valence-electron chi connectivity index (χ4n) is 4.06. The molecule has 31 heavy (non-hydrogen) atoms. The van der Waals surface area contributed by atoms with Crippen LogP contribution in [0.1, 0.15) is 18.4 Å². The lowest BCUT2D eigenvalue weighted by molar-refractivity contribution is -0.134. The monoisotopic (exact) mass is 455 g/mol. The van der Waals surface area contributed by atoms with E-state index in [0.717, 1.165) is 42.0 Å². The van der Waals surface area contributed by atoms with E-state index in [1.807, 2.05) is 51.7 Å². The Bertz CT molecular complexity index is 1150. The molecule has 0 saturated carbocycles. The Labute approximate surface area is 192 Å². The number of carbonyl (C=O) groups is 1. The molecule has 1 aromatic heterocycles. The minimum atomic E-state index is -0.139. The number of nitrogens with zero attached hydrogens (tertiary/aromatic N) is 5. The molecule has 1 fully saturated rings. The molecule has 1 atom stereocenters. The second kappa shape index (κ2) is 8.94. The van der Waals surface area contributed by atoms with E-state index in [9.17, 15) is 4.79 Å². The molecule has 8 heteroatoms. The van der Waals surface area contributed by atoms with Gasteiger partial charge in [-0.1, -0.05) is 29.8 Å². The van der Waals surface area contributed by atoms with E-state index < -0.39 is 0 Å². The molecule has 0 unspecified atom stereocenters. The number of para-hydroxylation sites is 1. The molecule has 162 valence electrons. The van der Waals surface area contributed by atoms with Gasteiger partial charge in [0.05, 0.1) is 18.4 Å². The van der Waals surface area contributed by atoms with E-state index in [0.29, 0.717) is 16.5 Å². The fraction of sp³-hybridized carbons (Fsp3) is 0.348. The number of benzene rings is 2. The summed E-state index contributed by atoms with van der Waals surface area (Å²) in [6.45, 7) is 3.38. The summed E-state index contributed by atoms with van der Waals surface area (Å²) >= 11 is 12.0. The first kappa shape index (κ1) is 21.7. The summed E-state index contributed by atoms with van der Waals surface area (Å²) in [5, 5.41) is 5.57. The van der Waals surface area contributed by atoms with Crippen molar-refractivity contribution in [2.75, 3.05) is 20.6 Å². The van der Waals surface area contributed by atoms with Crippen molar-refractivity contribution in [3.63, 3.8) is 0 Å². The van der Waals surface area contributed by atoms with Crippen molar-refractivity contribution in [1.82, 2.24) is 24.1 Å². The van der Waals surface area contributed by atoms with Crippen molar-refractivity contribution in [2.24, 2.45) is 0 Å². The van der Waals surface area contributed by atoms with Crippen LogP contribution in [0.25, 0.3) is 17.1 Å². The Balaban J connectivity index is 1.79. The lowest BCUT2D eigenvalue weighted by Gasteiger charge is -2.25.